The molecule has 0 radical (unpaired) electrons. The molecule has 0 unspecified atom stereocenters. The summed E-state index contributed by atoms with van der Waals surface area (Å²) in [7, 11) is 0. The van der Waals surface area contributed by atoms with E-state index in [1.54, 1.807) is 6.07 Å². The molecule has 0 saturated heterocycles. The molecule has 0 bridgehead atoms. The molecular weight excluding hydrogens is 224 g/mol. The molecule has 2 aromatic carbocycles. The average molecular weight is 240 g/mol. The van der Waals surface area contributed by atoms with Crippen LogP contribution in [0.1, 0.15) is 18.1 Å². The van der Waals surface area contributed by atoms with Crippen molar-refractivity contribution in [1.29, 1.82) is 0 Å². The van der Waals surface area contributed by atoms with Crippen molar-refractivity contribution in [2.75, 3.05) is 0 Å². The lowest BCUT2D eigenvalue weighted by Crippen LogP contribution is -2.01. The van der Waals surface area contributed by atoms with Crippen LogP contribution in [0.3, 0.4) is 0 Å². The Labute approximate surface area is 107 Å². The lowest BCUT2D eigenvalue weighted by Gasteiger charge is -2.07. The predicted octanol–water partition coefficient (Wildman–Crippen LogP) is 3.90. The molecule has 92 valence electrons. The first-order valence-corrected chi connectivity index (χ1v) is 5.92. The zero-order valence-corrected chi connectivity index (χ0v) is 10.9. The zero-order valence-electron chi connectivity index (χ0n) is 10.9. The number of ether oxygens (including phenoxy) is 1. The van der Waals surface area contributed by atoms with Crippen LogP contribution in [0.15, 0.2) is 42.5 Å². The molecule has 0 aromatic heterocycles. The van der Waals surface area contributed by atoms with Crippen molar-refractivity contribution in [3.8, 4) is 16.9 Å². The van der Waals surface area contributed by atoms with Crippen LogP contribution in [0.4, 0.5) is 0 Å². The second-order valence-corrected chi connectivity index (χ2v) is 4.50. The maximum atomic E-state index is 10.9. The fourth-order valence-electron chi connectivity index (χ4n) is 2.05. The summed E-state index contributed by atoms with van der Waals surface area (Å²) in [6.45, 7) is 5.56. The van der Waals surface area contributed by atoms with Gasteiger partial charge in [-0.15, -0.1) is 0 Å². The second kappa shape index (κ2) is 5.05. The van der Waals surface area contributed by atoms with Gasteiger partial charge in [-0.25, -0.2) is 0 Å². The minimum absolute atomic E-state index is 0.299. The summed E-state index contributed by atoms with van der Waals surface area (Å²) in [6.07, 6.45) is 0. The first-order chi connectivity index (χ1) is 8.54. The maximum absolute atomic E-state index is 10.9. The van der Waals surface area contributed by atoms with Crippen LogP contribution in [-0.2, 0) is 4.79 Å². The fourth-order valence-corrected chi connectivity index (χ4v) is 2.05. The molecule has 2 rings (SSSR count). The van der Waals surface area contributed by atoms with Crippen LogP contribution in [0.5, 0.6) is 5.75 Å². The molecule has 2 nitrogen and oxygen atoms in total. The van der Waals surface area contributed by atoms with E-state index < -0.39 is 0 Å². The Bertz CT molecular complexity index is 565. The molecule has 0 aliphatic heterocycles. The summed E-state index contributed by atoms with van der Waals surface area (Å²) in [5.41, 5.74) is 4.65. The van der Waals surface area contributed by atoms with Gasteiger partial charge in [0.25, 0.3) is 0 Å². The predicted molar refractivity (Wildman–Crippen MR) is 72.7 cm³/mol. The van der Waals surface area contributed by atoms with E-state index in [0.717, 1.165) is 11.1 Å². The first kappa shape index (κ1) is 12.4. The van der Waals surface area contributed by atoms with E-state index in [2.05, 4.69) is 32.0 Å². The molecule has 0 heterocycles. The highest BCUT2D eigenvalue weighted by Gasteiger charge is 2.03. The standard InChI is InChI=1S/C16H16O2/c1-11-7-12(2)9-15(8-11)14-5-4-6-16(10-14)18-13(3)17/h4-10H,1-3H3. The Hall–Kier alpha value is -2.09. The molecule has 0 aliphatic carbocycles. The van der Waals surface area contributed by atoms with Gasteiger partial charge in [0, 0.05) is 6.92 Å². The second-order valence-electron chi connectivity index (χ2n) is 4.50. The van der Waals surface area contributed by atoms with Gasteiger partial charge in [0.05, 0.1) is 0 Å². The number of aryl methyl sites for hydroxylation is 2. The van der Waals surface area contributed by atoms with Gasteiger partial charge in [-0.2, -0.15) is 0 Å². The quantitative estimate of drug-likeness (QED) is 0.588. The number of carbonyl (C=O) groups excluding carboxylic acids is 1. The lowest BCUT2D eigenvalue weighted by molar-refractivity contribution is -0.131. The molecule has 0 N–H and O–H groups in total. The van der Waals surface area contributed by atoms with Crippen LogP contribution >= 0.6 is 0 Å². The summed E-state index contributed by atoms with van der Waals surface area (Å²) in [6, 6.07) is 14.0. The number of rotatable bonds is 2. The summed E-state index contributed by atoms with van der Waals surface area (Å²) >= 11 is 0. The van der Waals surface area contributed by atoms with Gasteiger partial charge in [0.2, 0.25) is 0 Å². The van der Waals surface area contributed by atoms with Crippen molar-refractivity contribution in [3.63, 3.8) is 0 Å². The van der Waals surface area contributed by atoms with Gasteiger partial charge in [0.1, 0.15) is 5.75 Å². The summed E-state index contributed by atoms with van der Waals surface area (Å²) in [5.74, 6) is 0.284. The van der Waals surface area contributed by atoms with E-state index in [1.165, 1.54) is 18.1 Å². The van der Waals surface area contributed by atoms with E-state index in [1.807, 2.05) is 18.2 Å². The average Bonchev–Trinajstić information content (AvgIpc) is 2.27. The van der Waals surface area contributed by atoms with Crippen LogP contribution in [0.2, 0.25) is 0 Å². The summed E-state index contributed by atoms with van der Waals surface area (Å²) in [5, 5.41) is 0. The molecule has 0 atom stereocenters. The Kier molecular flexibility index (Phi) is 3.47. The largest absolute Gasteiger partial charge is 0.427 e. The lowest BCUT2D eigenvalue weighted by atomic mass is 10.0. The minimum atomic E-state index is -0.299. The van der Waals surface area contributed by atoms with Crippen molar-refractivity contribution in [1.82, 2.24) is 0 Å². The number of hydrogen-bond acceptors (Lipinski definition) is 2. The number of carbonyl (C=O) groups is 1. The van der Waals surface area contributed by atoms with Gasteiger partial charge >= 0.3 is 5.97 Å². The minimum Gasteiger partial charge on any atom is -0.427 e. The highest BCUT2D eigenvalue weighted by Crippen LogP contribution is 2.25. The maximum Gasteiger partial charge on any atom is 0.308 e. The normalized spacial score (nSPS) is 10.2. The molecule has 2 heteroatoms. The third-order valence-corrected chi connectivity index (χ3v) is 2.65. The summed E-state index contributed by atoms with van der Waals surface area (Å²) in [4.78, 5) is 10.9. The van der Waals surface area contributed by atoms with E-state index >= 15 is 0 Å². The van der Waals surface area contributed by atoms with E-state index in [4.69, 9.17) is 4.74 Å². The van der Waals surface area contributed by atoms with E-state index in [9.17, 15) is 4.79 Å². The molecule has 18 heavy (non-hydrogen) atoms. The topological polar surface area (TPSA) is 26.3 Å². The van der Waals surface area contributed by atoms with Crippen molar-refractivity contribution in [2.45, 2.75) is 20.8 Å². The third kappa shape index (κ3) is 2.98. The Morgan fingerprint density at radius 3 is 2.22 bits per heavy atom. The molecule has 2 aromatic rings. The van der Waals surface area contributed by atoms with Crippen LogP contribution in [0, 0.1) is 13.8 Å². The van der Waals surface area contributed by atoms with Crippen molar-refractivity contribution in [3.05, 3.63) is 53.6 Å². The Balaban J connectivity index is 2.41. The Morgan fingerprint density at radius 2 is 1.61 bits per heavy atom. The fraction of sp³-hybridized carbons (Fsp3) is 0.188. The third-order valence-electron chi connectivity index (χ3n) is 2.65. The van der Waals surface area contributed by atoms with Crippen LogP contribution < -0.4 is 4.74 Å². The zero-order chi connectivity index (χ0) is 13.1. The highest BCUT2D eigenvalue weighted by atomic mass is 16.5. The SMILES string of the molecule is CC(=O)Oc1cccc(-c2cc(C)cc(C)c2)c1. The van der Waals surface area contributed by atoms with Crippen molar-refractivity contribution < 1.29 is 9.53 Å². The summed E-state index contributed by atoms with van der Waals surface area (Å²) < 4.78 is 5.10. The molecule has 0 amide bonds. The molecular formula is C16H16O2. The number of benzene rings is 2. The smallest absolute Gasteiger partial charge is 0.308 e. The number of hydrogen-bond donors (Lipinski definition) is 0. The van der Waals surface area contributed by atoms with Gasteiger partial charge < -0.3 is 4.74 Å². The first-order valence-electron chi connectivity index (χ1n) is 5.92. The van der Waals surface area contributed by atoms with Gasteiger partial charge in [0.15, 0.2) is 0 Å². The Morgan fingerprint density at radius 1 is 0.944 bits per heavy atom. The van der Waals surface area contributed by atoms with Gasteiger partial charge in [-0.1, -0.05) is 41.5 Å². The highest BCUT2D eigenvalue weighted by molar-refractivity contribution is 5.71. The molecule has 0 saturated carbocycles. The number of esters is 1. The van der Waals surface area contributed by atoms with Gasteiger partial charge in [-0.05, 0) is 37.1 Å². The van der Waals surface area contributed by atoms with E-state index in [0.29, 0.717) is 5.75 Å². The van der Waals surface area contributed by atoms with Gasteiger partial charge in [-0.3, -0.25) is 4.79 Å². The van der Waals surface area contributed by atoms with Crippen molar-refractivity contribution >= 4 is 5.97 Å². The monoisotopic (exact) mass is 240 g/mol. The van der Waals surface area contributed by atoms with E-state index in [-0.39, 0.29) is 5.97 Å². The van der Waals surface area contributed by atoms with Crippen LogP contribution in [0.25, 0.3) is 11.1 Å². The molecule has 0 spiro atoms. The van der Waals surface area contributed by atoms with Crippen LogP contribution in [-0.4, -0.2) is 5.97 Å². The molecule has 0 aliphatic rings. The van der Waals surface area contributed by atoms with Crippen molar-refractivity contribution in [2.24, 2.45) is 0 Å². The molecule has 0 fully saturated rings.